The van der Waals surface area contributed by atoms with E-state index in [1.54, 1.807) is 0 Å². The average molecular weight is 292 g/mol. The van der Waals surface area contributed by atoms with Crippen LogP contribution in [0.15, 0.2) is 12.1 Å². The van der Waals surface area contributed by atoms with Gasteiger partial charge in [0.1, 0.15) is 5.75 Å². The fourth-order valence-electron chi connectivity index (χ4n) is 0.990. The highest BCUT2D eigenvalue weighted by Crippen LogP contribution is 2.32. The molecule has 106 valence electrons. The van der Waals surface area contributed by atoms with Crippen LogP contribution in [0.2, 0.25) is 0 Å². The number of benzene rings is 1. The third-order valence-corrected chi connectivity index (χ3v) is 1.58. The zero-order valence-electron chi connectivity index (χ0n) is 8.60. The number of hydrogen-bond donors (Lipinski definition) is 0. The van der Waals surface area contributed by atoms with Crippen LogP contribution < -0.4 is 9.47 Å². The standard InChI is InChI=1S/C9H3F7O3/c10-5-1-4(18-8(12,13)3-17)2-6(11)7(5)19-9(14,15)16/h1-3H. The zero-order valence-corrected chi connectivity index (χ0v) is 8.60. The number of ether oxygens (including phenoxy) is 2. The van der Waals surface area contributed by atoms with Crippen molar-refractivity contribution in [3.63, 3.8) is 0 Å². The highest BCUT2D eigenvalue weighted by molar-refractivity contribution is 5.58. The maximum absolute atomic E-state index is 13.0. The summed E-state index contributed by atoms with van der Waals surface area (Å²) in [6.07, 6.45) is -10.7. The summed E-state index contributed by atoms with van der Waals surface area (Å²) in [6, 6.07) is 0.0309. The van der Waals surface area contributed by atoms with Gasteiger partial charge in [0.15, 0.2) is 11.6 Å². The van der Waals surface area contributed by atoms with Crippen molar-refractivity contribution in [2.24, 2.45) is 0 Å². The van der Waals surface area contributed by atoms with Crippen LogP contribution in [0.4, 0.5) is 30.7 Å². The molecule has 0 fully saturated rings. The predicted octanol–water partition coefficient (Wildman–Crippen LogP) is 3.03. The van der Waals surface area contributed by atoms with E-state index < -0.39 is 41.9 Å². The van der Waals surface area contributed by atoms with Gasteiger partial charge in [-0.3, -0.25) is 4.79 Å². The van der Waals surface area contributed by atoms with Crippen molar-refractivity contribution in [2.75, 3.05) is 0 Å². The molecule has 3 nitrogen and oxygen atoms in total. The molecule has 0 bridgehead atoms. The van der Waals surface area contributed by atoms with Crippen molar-refractivity contribution >= 4 is 6.29 Å². The van der Waals surface area contributed by atoms with Gasteiger partial charge >= 0.3 is 12.5 Å². The van der Waals surface area contributed by atoms with Crippen molar-refractivity contribution < 1.29 is 45.0 Å². The van der Waals surface area contributed by atoms with Crippen molar-refractivity contribution in [2.45, 2.75) is 12.5 Å². The molecular formula is C9H3F7O3. The minimum absolute atomic E-state index is 0.0154. The topological polar surface area (TPSA) is 35.5 Å². The molecule has 0 aliphatic carbocycles. The summed E-state index contributed by atoms with van der Waals surface area (Å²) in [5.41, 5.74) is 0. The van der Waals surface area contributed by atoms with Gasteiger partial charge in [-0.2, -0.15) is 8.78 Å². The maximum Gasteiger partial charge on any atom is 0.573 e. The first-order chi connectivity index (χ1) is 8.54. The molecule has 0 saturated heterocycles. The number of carbonyl (C=O) groups excluding carboxylic acids is 1. The highest BCUT2D eigenvalue weighted by Gasteiger charge is 2.35. The molecule has 0 aromatic heterocycles. The summed E-state index contributed by atoms with van der Waals surface area (Å²) in [5.74, 6) is -6.85. The number of rotatable bonds is 4. The quantitative estimate of drug-likeness (QED) is 0.632. The summed E-state index contributed by atoms with van der Waals surface area (Å²) in [5, 5.41) is 0. The molecule has 0 saturated carbocycles. The SMILES string of the molecule is O=CC(F)(F)Oc1cc(F)c(OC(F)(F)F)c(F)c1. The van der Waals surface area contributed by atoms with Crippen LogP contribution >= 0.6 is 0 Å². The van der Waals surface area contributed by atoms with E-state index in [-0.39, 0.29) is 12.1 Å². The first-order valence-electron chi connectivity index (χ1n) is 4.32. The summed E-state index contributed by atoms with van der Waals surface area (Å²) < 4.78 is 92.9. The summed E-state index contributed by atoms with van der Waals surface area (Å²) in [4.78, 5) is 9.82. The molecular weight excluding hydrogens is 289 g/mol. The second-order valence-corrected chi connectivity index (χ2v) is 3.05. The number of carbonyl (C=O) groups is 1. The van der Waals surface area contributed by atoms with Crippen LogP contribution in [0.1, 0.15) is 0 Å². The number of aldehydes is 1. The molecule has 0 spiro atoms. The molecule has 0 aliphatic heterocycles. The Labute approximate surface area is 100 Å². The van der Waals surface area contributed by atoms with Crippen LogP contribution in [0.25, 0.3) is 0 Å². The molecule has 0 aliphatic rings. The van der Waals surface area contributed by atoms with Gasteiger partial charge in [0.05, 0.1) is 0 Å². The van der Waals surface area contributed by atoms with E-state index in [1.807, 2.05) is 0 Å². The van der Waals surface area contributed by atoms with Crippen LogP contribution in [0, 0.1) is 11.6 Å². The van der Waals surface area contributed by atoms with E-state index in [1.165, 1.54) is 0 Å². The molecule has 0 atom stereocenters. The Balaban J connectivity index is 3.07. The summed E-state index contributed by atoms with van der Waals surface area (Å²) >= 11 is 0. The lowest BCUT2D eigenvalue weighted by molar-refractivity contribution is -0.276. The number of hydrogen-bond acceptors (Lipinski definition) is 3. The minimum atomic E-state index is -5.36. The molecule has 0 radical (unpaired) electrons. The first kappa shape index (κ1) is 15.1. The number of halogens is 7. The van der Waals surface area contributed by atoms with E-state index in [9.17, 15) is 35.5 Å². The molecule has 1 rings (SSSR count). The van der Waals surface area contributed by atoms with Crippen molar-refractivity contribution in [3.05, 3.63) is 23.8 Å². The largest absolute Gasteiger partial charge is 0.573 e. The van der Waals surface area contributed by atoms with Gasteiger partial charge in [-0.1, -0.05) is 0 Å². The lowest BCUT2D eigenvalue weighted by Gasteiger charge is -2.14. The Bertz CT molecular complexity index is 460. The Morgan fingerprint density at radius 2 is 1.42 bits per heavy atom. The van der Waals surface area contributed by atoms with Gasteiger partial charge < -0.3 is 9.47 Å². The molecule has 1 aromatic carbocycles. The zero-order chi connectivity index (χ0) is 14.8. The fourth-order valence-corrected chi connectivity index (χ4v) is 0.990. The lowest BCUT2D eigenvalue weighted by Crippen LogP contribution is -2.26. The smallest absolute Gasteiger partial charge is 0.427 e. The predicted molar refractivity (Wildman–Crippen MR) is 44.7 cm³/mol. The molecule has 10 heteroatoms. The van der Waals surface area contributed by atoms with E-state index in [2.05, 4.69) is 9.47 Å². The summed E-state index contributed by atoms with van der Waals surface area (Å²) in [6.45, 7) is 0. The molecule has 1 aromatic rings. The molecule has 0 unspecified atom stereocenters. The second kappa shape index (κ2) is 4.94. The van der Waals surface area contributed by atoms with Crippen LogP contribution in [0.5, 0.6) is 11.5 Å². The van der Waals surface area contributed by atoms with E-state index in [0.717, 1.165) is 0 Å². The second-order valence-electron chi connectivity index (χ2n) is 3.05. The minimum Gasteiger partial charge on any atom is -0.427 e. The van der Waals surface area contributed by atoms with Gasteiger partial charge in [0.25, 0.3) is 0 Å². The van der Waals surface area contributed by atoms with Gasteiger partial charge in [0, 0.05) is 12.1 Å². The molecule has 0 N–H and O–H groups in total. The van der Waals surface area contributed by atoms with E-state index >= 15 is 0 Å². The van der Waals surface area contributed by atoms with Gasteiger partial charge in [0.2, 0.25) is 12.0 Å². The average Bonchev–Trinajstić information content (AvgIpc) is 2.22. The normalized spacial score (nSPS) is 12.2. The van der Waals surface area contributed by atoms with Crippen LogP contribution in [0.3, 0.4) is 0 Å². The Kier molecular flexibility index (Phi) is 3.91. The van der Waals surface area contributed by atoms with Crippen LogP contribution in [-0.4, -0.2) is 18.8 Å². The monoisotopic (exact) mass is 292 g/mol. The Hall–Kier alpha value is -2.00. The first-order valence-corrected chi connectivity index (χ1v) is 4.32. The molecule has 19 heavy (non-hydrogen) atoms. The third-order valence-electron chi connectivity index (χ3n) is 1.58. The van der Waals surface area contributed by atoms with Gasteiger partial charge in [-0.25, -0.2) is 8.78 Å². The Morgan fingerprint density at radius 1 is 0.947 bits per heavy atom. The van der Waals surface area contributed by atoms with Crippen LogP contribution in [-0.2, 0) is 4.79 Å². The van der Waals surface area contributed by atoms with Gasteiger partial charge in [-0.15, -0.1) is 13.2 Å². The lowest BCUT2D eigenvalue weighted by atomic mass is 10.3. The van der Waals surface area contributed by atoms with Crippen molar-refractivity contribution in [1.82, 2.24) is 0 Å². The maximum atomic E-state index is 13.0. The van der Waals surface area contributed by atoms with E-state index in [0.29, 0.717) is 0 Å². The highest BCUT2D eigenvalue weighted by atomic mass is 19.4. The molecule has 0 heterocycles. The summed E-state index contributed by atoms with van der Waals surface area (Å²) in [7, 11) is 0. The third kappa shape index (κ3) is 4.30. The fraction of sp³-hybridized carbons (Fsp3) is 0.222. The van der Waals surface area contributed by atoms with Gasteiger partial charge in [-0.05, 0) is 0 Å². The molecule has 0 amide bonds. The van der Waals surface area contributed by atoms with Crippen molar-refractivity contribution in [3.8, 4) is 11.5 Å². The number of alkyl halides is 5. The van der Waals surface area contributed by atoms with E-state index in [4.69, 9.17) is 0 Å². The Morgan fingerprint density at radius 3 is 1.79 bits per heavy atom. The van der Waals surface area contributed by atoms with Crippen molar-refractivity contribution in [1.29, 1.82) is 0 Å².